The minimum atomic E-state index is -0.676. The smallest absolute Gasteiger partial charge is 0.124 e. The fraction of sp³-hybridized carbons (Fsp3) is 0.438. The van der Waals surface area contributed by atoms with Crippen LogP contribution in [-0.2, 0) is 19.4 Å². The van der Waals surface area contributed by atoms with Crippen LogP contribution in [-0.4, -0.2) is 22.0 Å². The van der Waals surface area contributed by atoms with Crippen molar-refractivity contribution in [2.75, 3.05) is 7.11 Å². The Morgan fingerprint density at radius 3 is 2.71 bits per heavy atom. The monoisotopic (exact) mass is 308 g/mol. The van der Waals surface area contributed by atoms with E-state index in [1.807, 2.05) is 17.7 Å². The maximum atomic E-state index is 10.5. The Balaban J connectivity index is 2.27. The highest BCUT2D eigenvalue weighted by Crippen LogP contribution is 2.30. The first kappa shape index (κ1) is 15.9. The molecule has 0 saturated carbocycles. The van der Waals surface area contributed by atoms with E-state index in [4.69, 9.17) is 16.3 Å². The van der Waals surface area contributed by atoms with Gasteiger partial charge in [-0.2, -0.15) is 5.10 Å². The average Bonchev–Trinajstić information content (AvgIpc) is 2.89. The summed E-state index contributed by atoms with van der Waals surface area (Å²) in [6.07, 6.45) is 0.694. The second-order valence-corrected chi connectivity index (χ2v) is 5.34. The van der Waals surface area contributed by atoms with Gasteiger partial charge in [0.25, 0.3) is 0 Å². The normalized spacial score (nSPS) is 12.4. The molecule has 2 aromatic rings. The third-order valence-corrected chi connectivity index (χ3v) is 3.76. The molecule has 0 amide bonds. The highest BCUT2D eigenvalue weighted by molar-refractivity contribution is 6.30. The lowest BCUT2D eigenvalue weighted by atomic mass is 10.0. The van der Waals surface area contributed by atoms with Crippen LogP contribution in [0.15, 0.2) is 24.3 Å². The maximum absolute atomic E-state index is 10.5. The van der Waals surface area contributed by atoms with Crippen molar-refractivity contribution in [3.05, 3.63) is 46.2 Å². The van der Waals surface area contributed by atoms with Gasteiger partial charge in [0.15, 0.2) is 0 Å². The number of aryl methyl sites for hydroxylation is 2. The topological polar surface area (TPSA) is 47.3 Å². The zero-order valence-electron chi connectivity index (χ0n) is 12.6. The van der Waals surface area contributed by atoms with Crippen molar-refractivity contribution in [2.45, 2.75) is 39.3 Å². The lowest BCUT2D eigenvalue weighted by molar-refractivity contribution is 0.171. The molecule has 0 aliphatic carbocycles. The summed E-state index contributed by atoms with van der Waals surface area (Å²) in [5, 5.41) is 15.6. The minimum absolute atomic E-state index is 0.484. The van der Waals surface area contributed by atoms with E-state index in [-0.39, 0.29) is 0 Å². The van der Waals surface area contributed by atoms with E-state index < -0.39 is 6.10 Å². The highest BCUT2D eigenvalue weighted by atomic mass is 35.5. The zero-order valence-corrected chi connectivity index (χ0v) is 13.4. The van der Waals surface area contributed by atoms with Gasteiger partial charge < -0.3 is 9.84 Å². The fourth-order valence-electron chi connectivity index (χ4n) is 2.40. The lowest BCUT2D eigenvalue weighted by Gasteiger charge is -2.15. The number of aliphatic hydroxyl groups is 1. The van der Waals surface area contributed by atoms with E-state index in [1.165, 1.54) is 0 Å². The van der Waals surface area contributed by atoms with Crippen molar-refractivity contribution in [2.24, 2.45) is 0 Å². The summed E-state index contributed by atoms with van der Waals surface area (Å²) < 4.78 is 7.23. The van der Waals surface area contributed by atoms with E-state index in [1.54, 1.807) is 25.3 Å². The summed E-state index contributed by atoms with van der Waals surface area (Å²) in [5.74, 6) is 0.644. The Labute approximate surface area is 130 Å². The molecule has 1 aromatic carbocycles. The number of halogens is 1. The molecule has 5 heteroatoms. The number of hydrogen-bond donors (Lipinski definition) is 1. The molecule has 2 rings (SSSR count). The van der Waals surface area contributed by atoms with Crippen LogP contribution >= 0.6 is 11.6 Å². The Morgan fingerprint density at radius 1 is 1.33 bits per heavy atom. The molecule has 0 bridgehead atoms. The number of hydrogen-bond acceptors (Lipinski definition) is 3. The number of nitrogens with zero attached hydrogens (tertiary/aromatic N) is 2. The molecule has 21 heavy (non-hydrogen) atoms. The van der Waals surface area contributed by atoms with E-state index in [9.17, 15) is 5.11 Å². The van der Waals surface area contributed by atoms with Crippen LogP contribution in [0.2, 0.25) is 5.02 Å². The summed E-state index contributed by atoms with van der Waals surface area (Å²) in [4.78, 5) is 0. The molecule has 1 aromatic heterocycles. The van der Waals surface area contributed by atoms with Crippen molar-refractivity contribution >= 4 is 11.6 Å². The van der Waals surface area contributed by atoms with Crippen molar-refractivity contribution in [3.63, 3.8) is 0 Å². The summed E-state index contributed by atoms with van der Waals surface area (Å²) in [7, 11) is 1.59. The molecule has 0 aliphatic heterocycles. The van der Waals surface area contributed by atoms with Gasteiger partial charge in [0.1, 0.15) is 5.75 Å². The van der Waals surface area contributed by atoms with Gasteiger partial charge in [0.2, 0.25) is 0 Å². The third-order valence-electron chi connectivity index (χ3n) is 3.53. The Bertz CT molecular complexity index is 610. The number of aromatic nitrogens is 2. The van der Waals surface area contributed by atoms with E-state index in [0.717, 1.165) is 24.4 Å². The summed E-state index contributed by atoms with van der Waals surface area (Å²) in [6.45, 7) is 4.90. The molecule has 0 saturated heterocycles. The maximum Gasteiger partial charge on any atom is 0.124 e. The quantitative estimate of drug-likeness (QED) is 0.889. The number of methoxy groups -OCH3 is 1. The largest absolute Gasteiger partial charge is 0.496 e. The Hall–Kier alpha value is -1.52. The number of aliphatic hydroxyl groups excluding tert-OH is 1. The van der Waals surface area contributed by atoms with Gasteiger partial charge >= 0.3 is 0 Å². The van der Waals surface area contributed by atoms with Gasteiger partial charge in [-0.05, 0) is 37.6 Å². The van der Waals surface area contributed by atoms with Crippen LogP contribution in [0.4, 0.5) is 0 Å². The van der Waals surface area contributed by atoms with Crippen molar-refractivity contribution in [1.29, 1.82) is 0 Å². The Morgan fingerprint density at radius 2 is 2.10 bits per heavy atom. The number of benzene rings is 1. The number of ether oxygens (including phenoxy) is 1. The molecule has 114 valence electrons. The minimum Gasteiger partial charge on any atom is -0.496 e. The Kier molecular flexibility index (Phi) is 5.26. The first-order valence-electron chi connectivity index (χ1n) is 7.16. The fourth-order valence-corrected chi connectivity index (χ4v) is 2.58. The van der Waals surface area contributed by atoms with Crippen molar-refractivity contribution in [1.82, 2.24) is 9.78 Å². The van der Waals surface area contributed by atoms with Gasteiger partial charge in [-0.3, -0.25) is 4.68 Å². The van der Waals surface area contributed by atoms with Crippen molar-refractivity contribution in [3.8, 4) is 5.75 Å². The highest BCUT2D eigenvalue weighted by Gasteiger charge is 2.17. The molecule has 0 aliphatic rings. The SMILES string of the molecule is CCc1cc(CC(O)c2cc(Cl)ccc2OC)n(CC)n1. The van der Waals surface area contributed by atoms with E-state index >= 15 is 0 Å². The summed E-state index contributed by atoms with van der Waals surface area (Å²) in [6, 6.07) is 7.32. The van der Waals surface area contributed by atoms with Crippen LogP contribution in [0.25, 0.3) is 0 Å². The lowest BCUT2D eigenvalue weighted by Crippen LogP contribution is -2.09. The molecular weight excluding hydrogens is 288 g/mol. The standard InChI is InChI=1S/C16H21ClN2O2/c1-4-12-9-13(19(5-2)18-12)10-15(20)14-8-11(17)6-7-16(14)21-3/h6-9,15,20H,4-5,10H2,1-3H3. The predicted octanol–water partition coefficient (Wildman–Crippen LogP) is 3.40. The van der Waals surface area contributed by atoms with Crippen molar-refractivity contribution < 1.29 is 9.84 Å². The van der Waals surface area contributed by atoms with Crippen LogP contribution in [0.5, 0.6) is 5.75 Å². The van der Waals surface area contributed by atoms with Crippen LogP contribution in [0.1, 0.15) is 36.9 Å². The molecule has 1 atom stereocenters. The molecule has 0 fully saturated rings. The van der Waals surface area contributed by atoms with Gasteiger partial charge in [-0.25, -0.2) is 0 Å². The van der Waals surface area contributed by atoms with E-state index in [0.29, 0.717) is 22.8 Å². The molecule has 1 N–H and O–H groups in total. The molecule has 1 heterocycles. The van der Waals surface area contributed by atoms with Crippen LogP contribution in [0, 0.1) is 0 Å². The summed E-state index contributed by atoms with van der Waals surface area (Å²) >= 11 is 6.02. The number of rotatable bonds is 6. The van der Waals surface area contributed by atoms with Gasteiger partial charge in [0, 0.05) is 29.2 Å². The average molecular weight is 309 g/mol. The van der Waals surface area contributed by atoms with Crippen LogP contribution < -0.4 is 4.74 Å². The molecule has 0 radical (unpaired) electrons. The van der Waals surface area contributed by atoms with E-state index in [2.05, 4.69) is 12.0 Å². The first-order valence-corrected chi connectivity index (χ1v) is 7.53. The predicted molar refractivity (Wildman–Crippen MR) is 83.9 cm³/mol. The van der Waals surface area contributed by atoms with Gasteiger partial charge in [-0.1, -0.05) is 18.5 Å². The second-order valence-electron chi connectivity index (χ2n) is 4.90. The molecule has 0 spiro atoms. The second kappa shape index (κ2) is 6.96. The zero-order chi connectivity index (χ0) is 15.4. The third kappa shape index (κ3) is 3.57. The molecule has 4 nitrogen and oxygen atoms in total. The van der Waals surface area contributed by atoms with Crippen LogP contribution in [0.3, 0.4) is 0 Å². The molecule has 1 unspecified atom stereocenters. The van der Waals surface area contributed by atoms with Gasteiger partial charge in [-0.15, -0.1) is 0 Å². The first-order chi connectivity index (χ1) is 10.1. The van der Waals surface area contributed by atoms with Gasteiger partial charge in [0.05, 0.1) is 18.9 Å². The molecular formula is C16H21ClN2O2. The summed E-state index contributed by atoms with van der Waals surface area (Å²) in [5.41, 5.74) is 2.76.